The van der Waals surface area contributed by atoms with E-state index in [0.29, 0.717) is 12.6 Å². The summed E-state index contributed by atoms with van der Waals surface area (Å²) < 4.78 is 0. The van der Waals surface area contributed by atoms with Gasteiger partial charge in [-0.05, 0) is 32.2 Å². The van der Waals surface area contributed by atoms with E-state index < -0.39 is 0 Å². The van der Waals surface area contributed by atoms with Crippen molar-refractivity contribution in [3.8, 4) is 0 Å². The van der Waals surface area contributed by atoms with Gasteiger partial charge in [-0.25, -0.2) is 0 Å². The molecule has 1 aliphatic rings. The smallest absolute Gasteiger partial charge is 0.0674 e. The maximum atomic E-state index is 9.42. The monoisotopic (exact) mass is 214 g/mol. The largest absolute Gasteiger partial charge is 0.392 e. The first-order valence-corrected chi connectivity index (χ1v) is 6.23. The molecule has 3 N–H and O–H groups in total. The second kappa shape index (κ2) is 6.46. The fourth-order valence-corrected chi connectivity index (χ4v) is 2.59. The molecule has 3 atom stereocenters. The Hall–Kier alpha value is -0.120. The molecule has 0 saturated heterocycles. The molecular weight excluding hydrogens is 188 g/mol. The minimum absolute atomic E-state index is 0.327. The van der Waals surface area contributed by atoms with Crippen LogP contribution in [0.15, 0.2) is 0 Å². The summed E-state index contributed by atoms with van der Waals surface area (Å²) in [4.78, 5) is 2.41. The number of aliphatic hydroxyl groups excluding tert-OH is 1. The lowest BCUT2D eigenvalue weighted by Gasteiger charge is -2.36. The van der Waals surface area contributed by atoms with Gasteiger partial charge < -0.3 is 15.7 Å². The maximum absolute atomic E-state index is 9.42. The van der Waals surface area contributed by atoms with Crippen LogP contribution in [0.2, 0.25) is 0 Å². The number of hydrogen-bond acceptors (Lipinski definition) is 3. The summed E-state index contributed by atoms with van der Waals surface area (Å²) in [7, 11) is 2.18. The lowest BCUT2D eigenvalue weighted by Crippen LogP contribution is -2.40. The van der Waals surface area contributed by atoms with Crippen molar-refractivity contribution in [2.45, 2.75) is 51.2 Å². The van der Waals surface area contributed by atoms with E-state index in [0.717, 1.165) is 18.9 Å². The highest BCUT2D eigenvalue weighted by Crippen LogP contribution is 2.27. The topological polar surface area (TPSA) is 49.5 Å². The Balaban J connectivity index is 2.28. The van der Waals surface area contributed by atoms with Crippen LogP contribution in [0.5, 0.6) is 0 Å². The SMILES string of the molecule is CC1CCCCC1N(C)CCC(O)CN. The number of rotatable bonds is 5. The van der Waals surface area contributed by atoms with E-state index in [-0.39, 0.29) is 6.10 Å². The third kappa shape index (κ3) is 4.09. The van der Waals surface area contributed by atoms with Gasteiger partial charge in [0.05, 0.1) is 6.10 Å². The van der Waals surface area contributed by atoms with Crippen LogP contribution in [0.25, 0.3) is 0 Å². The van der Waals surface area contributed by atoms with Gasteiger partial charge >= 0.3 is 0 Å². The zero-order chi connectivity index (χ0) is 11.3. The highest BCUT2D eigenvalue weighted by atomic mass is 16.3. The molecule has 0 aliphatic heterocycles. The summed E-state index contributed by atoms with van der Waals surface area (Å²) in [6.45, 7) is 3.70. The van der Waals surface area contributed by atoms with Crippen molar-refractivity contribution < 1.29 is 5.11 Å². The third-order valence-corrected chi connectivity index (χ3v) is 3.72. The third-order valence-electron chi connectivity index (χ3n) is 3.72. The van der Waals surface area contributed by atoms with Crippen molar-refractivity contribution in [1.82, 2.24) is 4.90 Å². The molecule has 0 spiro atoms. The summed E-state index contributed by atoms with van der Waals surface area (Å²) in [5.41, 5.74) is 5.40. The van der Waals surface area contributed by atoms with Gasteiger partial charge in [-0.1, -0.05) is 19.8 Å². The predicted molar refractivity (Wildman–Crippen MR) is 63.7 cm³/mol. The van der Waals surface area contributed by atoms with Gasteiger partial charge in [0.2, 0.25) is 0 Å². The van der Waals surface area contributed by atoms with Gasteiger partial charge in [0, 0.05) is 19.1 Å². The van der Waals surface area contributed by atoms with Crippen LogP contribution in [-0.4, -0.2) is 42.3 Å². The first kappa shape index (κ1) is 12.9. The van der Waals surface area contributed by atoms with Crippen LogP contribution in [0, 0.1) is 5.92 Å². The van der Waals surface area contributed by atoms with Gasteiger partial charge in [0.25, 0.3) is 0 Å². The minimum atomic E-state index is -0.327. The lowest BCUT2D eigenvalue weighted by atomic mass is 9.85. The van der Waals surface area contributed by atoms with Gasteiger partial charge in [0.1, 0.15) is 0 Å². The van der Waals surface area contributed by atoms with Gasteiger partial charge in [-0.3, -0.25) is 0 Å². The average molecular weight is 214 g/mol. The van der Waals surface area contributed by atoms with Gasteiger partial charge in [-0.2, -0.15) is 0 Å². The second-order valence-electron chi connectivity index (χ2n) is 4.99. The molecule has 1 fully saturated rings. The Morgan fingerprint density at radius 1 is 1.40 bits per heavy atom. The fraction of sp³-hybridized carbons (Fsp3) is 1.00. The fourth-order valence-electron chi connectivity index (χ4n) is 2.59. The molecule has 1 aliphatic carbocycles. The molecule has 0 aromatic carbocycles. The van der Waals surface area contributed by atoms with Crippen LogP contribution in [0.4, 0.5) is 0 Å². The van der Waals surface area contributed by atoms with E-state index in [1.165, 1.54) is 25.7 Å². The van der Waals surface area contributed by atoms with Crippen LogP contribution in [0.1, 0.15) is 39.0 Å². The molecule has 0 aromatic heterocycles. The van der Waals surface area contributed by atoms with Crippen LogP contribution >= 0.6 is 0 Å². The van der Waals surface area contributed by atoms with Crippen molar-refractivity contribution in [2.24, 2.45) is 11.7 Å². The van der Waals surface area contributed by atoms with Crippen molar-refractivity contribution in [3.05, 3.63) is 0 Å². The maximum Gasteiger partial charge on any atom is 0.0674 e. The Morgan fingerprint density at radius 2 is 2.07 bits per heavy atom. The molecule has 3 heteroatoms. The van der Waals surface area contributed by atoms with Crippen molar-refractivity contribution >= 4 is 0 Å². The summed E-state index contributed by atoms with van der Waals surface area (Å²) in [6, 6.07) is 0.712. The molecular formula is C12H26N2O. The normalized spacial score (nSPS) is 29.4. The molecule has 3 unspecified atom stereocenters. The molecule has 0 radical (unpaired) electrons. The summed E-state index contributed by atoms with van der Waals surface area (Å²) in [5.74, 6) is 0.804. The van der Waals surface area contributed by atoms with E-state index in [9.17, 15) is 5.11 Å². The van der Waals surface area contributed by atoms with E-state index in [4.69, 9.17) is 5.73 Å². The molecule has 0 bridgehead atoms. The molecule has 0 aromatic rings. The quantitative estimate of drug-likeness (QED) is 0.723. The molecule has 1 saturated carbocycles. The Kier molecular flexibility index (Phi) is 5.58. The zero-order valence-electron chi connectivity index (χ0n) is 10.2. The van der Waals surface area contributed by atoms with E-state index in [1.807, 2.05) is 0 Å². The van der Waals surface area contributed by atoms with Crippen LogP contribution in [-0.2, 0) is 0 Å². The lowest BCUT2D eigenvalue weighted by molar-refractivity contribution is 0.106. The molecule has 0 amide bonds. The zero-order valence-corrected chi connectivity index (χ0v) is 10.2. The highest BCUT2D eigenvalue weighted by Gasteiger charge is 2.24. The Morgan fingerprint density at radius 3 is 2.67 bits per heavy atom. The molecule has 1 rings (SSSR count). The van der Waals surface area contributed by atoms with Gasteiger partial charge in [0.15, 0.2) is 0 Å². The van der Waals surface area contributed by atoms with Crippen molar-refractivity contribution in [2.75, 3.05) is 20.1 Å². The summed E-state index contributed by atoms with van der Waals surface area (Å²) >= 11 is 0. The van der Waals surface area contributed by atoms with Crippen molar-refractivity contribution in [3.63, 3.8) is 0 Å². The summed E-state index contributed by atoms with van der Waals surface area (Å²) in [6.07, 6.45) is 5.89. The van der Waals surface area contributed by atoms with E-state index in [2.05, 4.69) is 18.9 Å². The molecule has 15 heavy (non-hydrogen) atoms. The second-order valence-corrected chi connectivity index (χ2v) is 4.99. The van der Waals surface area contributed by atoms with E-state index in [1.54, 1.807) is 0 Å². The summed E-state index contributed by atoms with van der Waals surface area (Å²) in [5, 5.41) is 9.42. The number of hydrogen-bond donors (Lipinski definition) is 2. The van der Waals surface area contributed by atoms with Crippen molar-refractivity contribution in [1.29, 1.82) is 0 Å². The molecule has 90 valence electrons. The number of aliphatic hydroxyl groups is 1. The van der Waals surface area contributed by atoms with Crippen LogP contribution < -0.4 is 5.73 Å². The average Bonchev–Trinajstić information content (AvgIpc) is 2.26. The van der Waals surface area contributed by atoms with Crippen LogP contribution in [0.3, 0.4) is 0 Å². The molecule has 0 heterocycles. The minimum Gasteiger partial charge on any atom is -0.392 e. The molecule has 3 nitrogen and oxygen atoms in total. The first-order chi connectivity index (χ1) is 7.15. The predicted octanol–water partition coefficient (Wildman–Crippen LogP) is 1.21. The Labute approximate surface area is 93.6 Å². The highest BCUT2D eigenvalue weighted by molar-refractivity contribution is 4.79. The van der Waals surface area contributed by atoms with Gasteiger partial charge in [-0.15, -0.1) is 0 Å². The first-order valence-electron chi connectivity index (χ1n) is 6.23. The Bertz CT molecular complexity index is 175. The number of nitrogens with two attached hydrogens (primary N) is 1. The standard InChI is InChI=1S/C12H26N2O/c1-10-5-3-4-6-12(10)14(2)8-7-11(15)9-13/h10-12,15H,3-9,13H2,1-2H3. The number of nitrogens with zero attached hydrogens (tertiary/aromatic N) is 1. The van der Waals surface area contributed by atoms with E-state index >= 15 is 0 Å².